The molecule has 5 nitrogen and oxygen atoms in total. The van der Waals surface area contributed by atoms with E-state index in [2.05, 4.69) is 4.72 Å². The fourth-order valence-electron chi connectivity index (χ4n) is 1.80. The average Bonchev–Trinajstić information content (AvgIpc) is 2.49. The van der Waals surface area contributed by atoms with E-state index in [1.807, 2.05) is 6.92 Å². The lowest BCUT2D eigenvalue weighted by Crippen LogP contribution is -2.13. The van der Waals surface area contributed by atoms with Gasteiger partial charge in [0.05, 0.1) is 11.5 Å². The van der Waals surface area contributed by atoms with Crippen molar-refractivity contribution in [3.63, 3.8) is 0 Å². The van der Waals surface area contributed by atoms with E-state index in [4.69, 9.17) is 10.5 Å². The number of ether oxygens (including phenoxy) is 1. The van der Waals surface area contributed by atoms with Crippen molar-refractivity contribution in [3.05, 3.63) is 54.1 Å². The lowest BCUT2D eigenvalue weighted by atomic mass is 10.2. The van der Waals surface area contributed by atoms with Gasteiger partial charge in [-0.1, -0.05) is 12.1 Å². The molecule has 3 N–H and O–H groups in total. The zero-order valence-electron chi connectivity index (χ0n) is 11.7. The van der Waals surface area contributed by atoms with Crippen LogP contribution in [0.25, 0.3) is 0 Å². The molecular weight excluding hydrogens is 288 g/mol. The molecule has 0 bridgehead atoms. The Morgan fingerprint density at radius 3 is 2.19 bits per heavy atom. The second kappa shape index (κ2) is 6.60. The van der Waals surface area contributed by atoms with Gasteiger partial charge in [0, 0.05) is 12.2 Å². The smallest absolute Gasteiger partial charge is 0.261 e. The van der Waals surface area contributed by atoms with Crippen LogP contribution in [0.3, 0.4) is 0 Å². The van der Waals surface area contributed by atoms with Crippen LogP contribution in [0.4, 0.5) is 5.69 Å². The molecule has 0 aliphatic heterocycles. The van der Waals surface area contributed by atoms with E-state index in [-0.39, 0.29) is 4.90 Å². The van der Waals surface area contributed by atoms with Gasteiger partial charge >= 0.3 is 0 Å². The number of nitrogens with two attached hydrogens (primary N) is 1. The van der Waals surface area contributed by atoms with E-state index in [0.717, 1.165) is 5.56 Å². The SMILES string of the molecule is CCOc1ccc(NS(=O)(=O)c2ccc(CN)cc2)cc1. The zero-order chi connectivity index (χ0) is 15.3. The van der Waals surface area contributed by atoms with Gasteiger partial charge in [-0.05, 0) is 48.9 Å². The lowest BCUT2D eigenvalue weighted by Gasteiger charge is -2.09. The van der Waals surface area contributed by atoms with Gasteiger partial charge in [0.25, 0.3) is 10.0 Å². The average molecular weight is 306 g/mol. The number of benzene rings is 2. The molecule has 21 heavy (non-hydrogen) atoms. The number of nitrogens with one attached hydrogen (secondary N) is 1. The van der Waals surface area contributed by atoms with Crippen LogP contribution in [0.15, 0.2) is 53.4 Å². The fraction of sp³-hybridized carbons (Fsp3) is 0.200. The molecule has 2 aromatic carbocycles. The molecule has 112 valence electrons. The monoisotopic (exact) mass is 306 g/mol. The van der Waals surface area contributed by atoms with Gasteiger partial charge in [-0.3, -0.25) is 4.72 Å². The number of hydrogen-bond acceptors (Lipinski definition) is 4. The first kappa shape index (κ1) is 15.3. The first-order valence-electron chi connectivity index (χ1n) is 6.60. The maximum absolute atomic E-state index is 12.2. The summed E-state index contributed by atoms with van der Waals surface area (Å²) in [5.41, 5.74) is 6.87. The van der Waals surface area contributed by atoms with Crippen LogP contribution in [0.2, 0.25) is 0 Å². The Kier molecular flexibility index (Phi) is 4.82. The molecule has 0 spiro atoms. The number of anilines is 1. The summed E-state index contributed by atoms with van der Waals surface area (Å²) in [5.74, 6) is 0.702. The summed E-state index contributed by atoms with van der Waals surface area (Å²) in [6, 6.07) is 13.3. The first-order valence-corrected chi connectivity index (χ1v) is 8.08. The van der Waals surface area contributed by atoms with Gasteiger partial charge in [-0.2, -0.15) is 0 Å². The molecule has 0 fully saturated rings. The van der Waals surface area contributed by atoms with Crippen molar-refractivity contribution >= 4 is 15.7 Å². The minimum absolute atomic E-state index is 0.202. The van der Waals surface area contributed by atoms with Gasteiger partial charge in [0.15, 0.2) is 0 Å². The Morgan fingerprint density at radius 2 is 1.67 bits per heavy atom. The quantitative estimate of drug-likeness (QED) is 0.858. The number of hydrogen-bond donors (Lipinski definition) is 2. The Balaban J connectivity index is 2.16. The van der Waals surface area contributed by atoms with Crippen molar-refractivity contribution in [3.8, 4) is 5.75 Å². The van der Waals surface area contributed by atoms with Crippen LogP contribution in [0, 0.1) is 0 Å². The Morgan fingerprint density at radius 1 is 1.05 bits per heavy atom. The summed E-state index contributed by atoms with van der Waals surface area (Å²) in [6.07, 6.45) is 0. The van der Waals surface area contributed by atoms with Crippen LogP contribution in [-0.4, -0.2) is 15.0 Å². The third kappa shape index (κ3) is 3.96. The van der Waals surface area contributed by atoms with Crippen molar-refractivity contribution in [1.29, 1.82) is 0 Å². The van der Waals surface area contributed by atoms with Gasteiger partial charge in [0.2, 0.25) is 0 Å². The summed E-state index contributed by atoms with van der Waals surface area (Å²) in [4.78, 5) is 0.202. The number of rotatable bonds is 6. The van der Waals surface area contributed by atoms with Crippen molar-refractivity contribution in [1.82, 2.24) is 0 Å². The summed E-state index contributed by atoms with van der Waals surface area (Å²) >= 11 is 0. The molecule has 0 saturated carbocycles. The third-order valence-electron chi connectivity index (χ3n) is 2.89. The molecule has 0 heterocycles. The van der Waals surface area contributed by atoms with E-state index in [0.29, 0.717) is 24.6 Å². The largest absolute Gasteiger partial charge is 0.494 e. The predicted molar refractivity (Wildman–Crippen MR) is 82.8 cm³/mol. The molecule has 2 aromatic rings. The fourth-order valence-corrected chi connectivity index (χ4v) is 2.86. The molecule has 0 amide bonds. The van der Waals surface area contributed by atoms with Crippen molar-refractivity contribution < 1.29 is 13.2 Å². The highest BCUT2D eigenvalue weighted by molar-refractivity contribution is 7.92. The van der Waals surface area contributed by atoms with Crippen molar-refractivity contribution in [2.45, 2.75) is 18.4 Å². The van der Waals surface area contributed by atoms with Crippen LogP contribution in [-0.2, 0) is 16.6 Å². The van der Waals surface area contributed by atoms with E-state index < -0.39 is 10.0 Å². The summed E-state index contributed by atoms with van der Waals surface area (Å²) in [5, 5.41) is 0. The van der Waals surface area contributed by atoms with E-state index in [1.54, 1.807) is 48.5 Å². The molecule has 0 aliphatic carbocycles. The Labute approximate surface area is 124 Å². The van der Waals surface area contributed by atoms with Crippen LogP contribution in [0.5, 0.6) is 5.75 Å². The van der Waals surface area contributed by atoms with E-state index >= 15 is 0 Å². The van der Waals surface area contributed by atoms with Crippen molar-refractivity contribution in [2.24, 2.45) is 5.73 Å². The molecule has 0 aromatic heterocycles. The highest BCUT2D eigenvalue weighted by Gasteiger charge is 2.13. The van der Waals surface area contributed by atoms with Gasteiger partial charge in [0.1, 0.15) is 5.75 Å². The molecular formula is C15H18N2O3S. The predicted octanol–water partition coefficient (Wildman–Crippen LogP) is 2.34. The highest BCUT2D eigenvalue weighted by atomic mass is 32.2. The maximum Gasteiger partial charge on any atom is 0.261 e. The topological polar surface area (TPSA) is 81.4 Å². The number of sulfonamides is 1. The second-order valence-corrected chi connectivity index (χ2v) is 6.09. The summed E-state index contributed by atoms with van der Waals surface area (Å²) in [6.45, 7) is 2.84. The molecule has 0 atom stereocenters. The molecule has 0 radical (unpaired) electrons. The molecule has 0 unspecified atom stereocenters. The van der Waals surface area contributed by atoms with Crippen LogP contribution >= 0.6 is 0 Å². The minimum Gasteiger partial charge on any atom is -0.494 e. The third-order valence-corrected chi connectivity index (χ3v) is 4.28. The Hall–Kier alpha value is -2.05. The summed E-state index contributed by atoms with van der Waals surface area (Å²) < 4.78 is 32.3. The standard InChI is InChI=1S/C15H18N2O3S/c1-2-20-14-7-5-13(6-8-14)17-21(18,19)15-9-3-12(11-16)4-10-15/h3-10,17H,2,11,16H2,1H3. The molecule has 0 aliphatic rings. The minimum atomic E-state index is -3.60. The van der Waals surface area contributed by atoms with E-state index in [1.165, 1.54) is 0 Å². The van der Waals surface area contributed by atoms with Gasteiger partial charge in [-0.15, -0.1) is 0 Å². The first-order chi connectivity index (χ1) is 10.0. The molecule has 0 saturated heterocycles. The summed E-state index contributed by atoms with van der Waals surface area (Å²) in [7, 11) is -3.60. The molecule has 6 heteroatoms. The second-order valence-electron chi connectivity index (χ2n) is 4.41. The van der Waals surface area contributed by atoms with Crippen LogP contribution in [0.1, 0.15) is 12.5 Å². The normalized spacial score (nSPS) is 11.1. The lowest BCUT2D eigenvalue weighted by molar-refractivity contribution is 0.340. The zero-order valence-corrected chi connectivity index (χ0v) is 12.6. The van der Waals surface area contributed by atoms with Crippen LogP contribution < -0.4 is 15.2 Å². The highest BCUT2D eigenvalue weighted by Crippen LogP contribution is 2.19. The van der Waals surface area contributed by atoms with Gasteiger partial charge in [-0.25, -0.2) is 8.42 Å². The van der Waals surface area contributed by atoms with Crippen molar-refractivity contribution in [2.75, 3.05) is 11.3 Å². The van der Waals surface area contributed by atoms with Gasteiger partial charge < -0.3 is 10.5 Å². The molecule has 2 rings (SSSR count). The van der Waals surface area contributed by atoms with E-state index in [9.17, 15) is 8.42 Å². The Bertz CT molecular complexity index is 680. The maximum atomic E-state index is 12.2.